The van der Waals surface area contributed by atoms with Gasteiger partial charge in [0.25, 0.3) is 0 Å². The topological polar surface area (TPSA) is 67.6 Å². The minimum atomic E-state index is -0.350. The molecule has 1 aliphatic rings. The number of carbonyl (C=O) groups excluding carboxylic acids is 1. The maximum atomic E-state index is 14.7. The van der Waals surface area contributed by atoms with Gasteiger partial charge >= 0.3 is 0 Å². The van der Waals surface area contributed by atoms with Crippen molar-refractivity contribution in [1.29, 1.82) is 0 Å². The van der Waals surface area contributed by atoms with Crippen molar-refractivity contribution in [2.45, 2.75) is 45.3 Å². The van der Waals surface area contributed by atoms with Crippen molar-refractivity contribution in [2.24, 2.45) is 0 Å². The number of hydrogen-bond acceptors (Lipinski definition) is 5. The van der Waals surface area contributed by atoms with Crippen LogP contribution < -0.4 is 10.2 Å². The summed E-state index contributed by atoms with van der Waals surface area (Å²) in [6.07, 6.45) is 3.23. The van der Waals surface area contributed by atoms with Crippen LogP contribution in [-0.2, 0) is 16.0 Å². The van der Waals surface area contributed by atoms with Crippen molar-refractivity contribution >= 4 is 17.3 Å². The molecular formula is C25H28FN3O3. The number of nitrogens with one attached hydrogen (secondary N) is 1. The van der Waals surface area contributed by atoms with Crippen molar-refractivity contribution < 1.29 is 18.3 Å². The first-order valence-corrected chi connectivity index (χ1v) is 11.0. The van der Waals surface area contributed by atoms with E-state index in [1.165, 1.54) is 6.07 Å². The van der Waals surface area contributed by atoms with E-state index in [0.717, 1.165) is 5.56 Å². The Hall–Kier alpha value is -3.19. The highest BCUT2D eigenvalue weighted by Gasteiger charge is 2.24. The minimum absolute atomic E-state index is 0.0463. The molecule has 4 rings (SSSR count). The number of carbonyl (C=O) groups is 1. The monoisotopic (exact) mass is 437 g/mol. The maximum Gasteiger partial charge on any atom is 0.224 e. The molecule has 0 bridgehead atoms. The van der Waals surface area contributed by atoms with Crippen molar-refractivity contribution in [3.8, 4) is 11.3 Å². The Morgan fingerprint density at radius 1 is 1.16 bits per heavy atom. The van der Waals surface area contributed by atoms with Gasteiger partial charge in [0, 0.05) is 37.2 Å². The quantitative estimate of drug-likeness (QED) is 0.560. The molecule has 1 aliphatic heterocycles. The van der Waals surface area contributed by atoms with E-state index in [4.69, 9.17) is 9.15 Å². The van der Waals surface area contributed by atoms with Gasteiger partial charge in [0.05, 0.1) is 24.1 Å². The molecule has 0 radical (unpaired) electrons. The maximum absolute atomic E-state index is 14.7. The molecule has 2 heterocycles. The van der Waals surface area contributed by atoms with E-state index in [0.29, 0.717) is 55.4 Å². The zero-order valence-corrected chi connectivity index (χ0v) is 18.4. The molecule has 2 aromatic carbocycles. The molecule has 32 heavy (non-hydrogen) atoms. The second-order valence-corrected chi connectivity index (χ2v) is 8.21. The summed E-state index contributed by atoms with van der Waals surface area (Å²) in [5.74, 6) is 0.795. The molecule has 0 aliphatic carbocycles. The van der Waals surface area contributed by atoms with Crippen LogP contribution in [0.15, 0.2) is 59.1 Å². The first-order valence-electron chi connectivity index (χ1n) is 11.0. The number of rotatable bonds is 7. The first-order chi connectivity index (χ1) is 15.5. The zero-order chi connectivity index (χ0) is 22.5. The fraction of sp³-hybridized carbons (Fsp3) is 0.360. The summed E-state index contributed by atoms with van der Waals surface area (Å²) >= 11 is 0. The van der Waals surface area contributed by atoms with Gasteiger partial charge in [-0.25, -0.2) is 9.37 Å². The number of aryl methyl sites for hydroxylation is 1. The molecule has 6 nitrogen and oxygen atoms in total. The lowest BCUT2D eigenvalue weighted by Gasteiger charge is -2.37. The number of nitrogens with zero attached hydrogens (tertiary/aromatic N) is 2. The van der Waals surface area contributed by atoms with Crippen LogP contribution in [0.5, 0.6) is 0 Å². The highest BCUT2D eigenvalue weighted by molar-refractivity contribution is 5.90. The first kappa shape index (κ1) is 22.0. The smallest absolute Gasteiger partial charge is 0.224 e. The normalized spacial score (nSPS) is 18.5. The molecule has 0 spiro atoms. The molecule has 1 amide bonds. The highest BCUT2D eigenvalue weighted by Crippen LogP contribution is 2.26. The zero-order valence-electron chi connectivity index (χ0n) is 18.4. The van der Waals surface area contributed by atoms with Gasteiger partial charge in [0.1, 0.15) is 5.82 Å². The summed E-state index contributed by atoms with van der Waals surface area (Å²) in [6, 6.07) is 14.6. The third kappa shape index (κ3) is 5.53. The van der Waals surface area contributed by atoms with E-state index in [-0.39, 0.29) is 23.9 Å². The number of hydrogen-bond donors (Lipinski definition) is 1. The molecule has 2 unspecified atom stereocenters. The summed E-state index contributed by atoms with van der Waals surface area (Å²) in [5, 5.41) is 2.77. The third-order valence-corrected chi connectivity index (χ3v) is 5.40. The molecule has 3 aromatic rings. The molecule has 168 valence electrons. The van der Waals surface area contributed by atoms with Crippen LogP contribution in [0, 0.1) is 5.82 Å². The van der Waals surface area contributed by atoms with Crippen LogP contribution in [0.25, 0.3) is 11.3 Å². The van der Waals surface area contributed by atoms with Crippen LogP contribution in [0.1, 0.15) is 32.6 Å². The Morgan fingerprint density at radius 3 is 2.62 bits per heavy atom. The molecule has 1 fully saturated rings. The molecule has 2 atom stereocenters. The van der Waals surface area contributed by atoms with Crippen molar-refractivity contribution in [3.63, 3.8) is 0 Å². The van der Waals surface area contributed by atoms with Gasteiger partial charge in [-0.15, -0.1) is 0 Å². The SMILES string of the molecule is CC1CN(c2ccc(NC(=O)CCCc3ncc(-c4ccccc4)o3)cc2F)CC(C)O1. The summed E-state index contributed by atoms with van der Waals surface area (Å²) in [5.41, 5.74) is 1.95. The van der Waals surface area contributed by atoms with E-state index >= 15 is 0 Å². The predicted molar refractivity (Wildman–Crippen MR) is 122 cm³/mol. The number of oxazole rings is 1. The molecule has 1 saturated heterocycles. The molecule has 0 saturated carbocycles. The average Bonchev–Trinajstić information content (AvgIpc) is 3.23. The standard InChI is InChI=1S/C25H28FN3O3/c1-17-15-29(16-18(2)31-17)22-12-11-20(13-21(22)26)28-24(30)9-6-10-25-27-14-23(32-25)19-7-4-3-5-8-19/h3-5,7-8,11-14,17-18H,6,9-10,15-16H2,1-2H3,(H,28,30). The largest absolute Gasteiger partial charge is 0.441 e. The Bertz CT molecular complexity index is 1040. The van der Waals surface area contributed by atoms with Crippen LogP contribution in [0.3, 0.4) is 0 Å². The van der Waals surface area contributed by atoms with E-state index in [1.807, 2.05) is 49.1 Å². The van der Waals surface area contributed by atoms with Crippen LogP contribution in [0.4, 0.5) is 15.8 Å². The average molecular weight is 438 g/mol. The predicted octanol–water partition coefficient (Wildman–Crippen LogP) is 5.06. The lowest BCUT2D eigenvalue weighted by Crippen LogP contribution is -2.45. The summed E-state index contributed by atoms with van der Waals surface area (Å²) < 4.78 is 26.2. The Morgan fingerprint density at radius 2 is 1.91 bits per heavy atom. The fourth-order valence-corrected chi connectivity index (χ4v) is 4.00. The van der Waals surface area contributed by atoms with E-state index < -0.39 is 0 Å². The van der Waals surface area contributed by atoms with E-state index in [9.17, 15) is 9.18 Å². The van der Waals surface area contributed by atoms with E-state index in [2.05, 4.69) is 10.3 Å². The van der Waals surface area contributed by atoms with Gasteiger partial charge in [-0.2, -0.15) is 0 Å². The van der Waals surface area contributed by atoms with Crippen LogP contribution >= 0.6 is 0 Å². The van der Waals surface area contributed by atoms with Crippen molar-refractivity contribution in [3.05, 3.63) is 66.4 Å². The summed E-state index contributed by atoms with van der Waals surface area (Å²) in [7, 11) is 0. The number of aromatic nitrogens is 1. The van der Waals surface area contributed by atoms with Gasteiger partial charge in [0.15, 0.2) is 11.7 Å². The number of halogens is 1. The van der Waals surface area contributed by atoms with Gasteiger partial charge in [-0.05, 0) is 38.5 Å². The van der Waals surface area contributed by atoms with Crippen LogP contribution in [0.2, 0.25) is 0 Å². The van der Waals surface area contributed by atoms with Gasteiger partial charge in [-0.1, -0.05) is 30.3 Å². The summed E-state index contributed by atoms with van der Waals surface area (Å²) in [4.78, 5) is 18.6. The molecule has 1 aromatic heterocycles. The third-order valence-electron chi connectivity index (χ3n) is 5.40. The minimum Gasteiger partial charge on any atom is -0.441 e. The Balaban J connectivity index is 1.27. The van der Waals surface area contributed by atoms with Gasteiger partial charge in [-0.3, -0.25) is 4.79 Å². The fourth-order valence-electron chi connectivity index (χ4n) is 4.00. The number of amides is 1. The number of benzene rings is 2. The summed E-state index contributed by atoms with van der Waals surface area (Å²) in [6.45, 7) is 5.24. The highest BCUT2D eigenvalue weighted by atomic mass is 19.1. The molecular weight excluding hydrogens is 409 g/mol. The lowest BCUT2D eigenvalue weighted by atomic mass is 10.1. The van der Waals surface area contributed by atoms with E-state index in [1.54, 1.807) is 18.3 Å². The number of morpholine rings is 1. The Labute approximate surface area is 187 Å². The van der Waals surface area contributed by atoms with Gasteiger partial charge in [0.2, 0.25) is 5.91 Å². The second-order valence-electron chi connectivity index (χ2n) is 8.21. The number of ether oxygens (including phenoxy) is 1. The van der Waals surface area contributed by atoms with Crippen LogP contribution in [-0.4, -0.2) is 36.2 Å². The van der Waals surface area contributed by atoms with Crippen molar-refractivity contribution in [2.75, 3.05) is 23.3 Å². The lowest BCUT2D eigenvalue weighted by molar-refractivity contribution is -0.116. The molecule has 7 heteroatoms. The number of anilines is 2. The molecule has 1 N–H and O–H groups in total. The second kappa shape index (κ2) is 9.96. The Kier molecular flexibility index (Phi) is 6.85. The van der Waals surface area contributed by atoms with Crippen molar-refractivity contribution in [1.82, 2.24) is 4.98 Å². The van der Waals surface area contributed by atoms with Gasteiger partial charge < -0.3 is 19.4 Å².